The summed E-state index contributed by atoms with van der Waals surface area (Å²) < 4.78 is 0. The molecule has 172 valence electrons. The Balaban J connectivity index is 0.000000453. The third kappa shape index (κ3) is 6.25. The normalized spacial score (nSPS) is 19.1. The third-order valence-electron chi connectivity index (χ3n) is 6.72. The number of fused-ring (bicyclic) bond motifs is 1. The Morgan fingerprint density at radius 2 is 1.18 bits per heavy atom. The van der Waals surface area contributed by atoms with E-state index in [1.807, 2.05) is 0 Å². The zero-order chi connectivity index (χ0) is 23.9. The second-order valence-corrected chi connectivity index (χ2v) is 9.41. The van der Waals surface area contributed by atoms with Gasteiger partial charge in [-0.05, 0) is 5.94 Å². The quantitative estimate of drug-likeness (QED) is 0.420. The van der Waals surface area contributed by atoms with Crippen LogP contribution >= 0.6 is 0 Å². The van der Waals surface area contributed by atoms with Crippen LogP contribution in [0.1, 0.15) is 69.2 Å². The molecular formula is C28H30Cr2O3. The minimum atomic E-state index is -0.206. The van der Waals surface area contributed by atoms with Crippen molar-refractivity contribution in [2.75, 3.05) is 0 Å². The smallest absolute Gasteiger partial charge is 0.385 e. The van der Waals surface area contributed by atoms with Crippen LogP contribution in [-0.2, 0) is 44.3 Å². The fourth-order valence-electron chi connectivity index (χ4n) is 3.83. The van der Waals surface area contributed by atoms with Gasteiger partial charge in [0.25, 0.3) is 0 Å². The van der Waals surface area contributed by atoms with Crippen molar-refractivity contribution in [1.29, 1.82) is 0 Å². The van der Waals surface area contributed by atoms with Gasteiger partial charge in [0, 0.05) is 6.29 Å². The van der Waals surface area contributed by atoms with E-state index in [2.05, 4.69) is 87.5 Å². The summed E-state index contributed by atoms with van der Waals surface area (Å²) in [4.78, 5) is 30.9. The number of carbonyl (C=O) groups excluding carboxylic acids is 2. The first-order chi connectivity index (χ1) is 14.2. The largest absolute Gasteiger partial charge is 2.00 e. The second kappa shape index (κ2) is 11.1. The maximum absolute atomic E-state index is 10.7. The molecule has 0 unspecified atom stereocenters. The van der Waals surface area contributed by atoms with Crippen LogP contribution in [-0.4, -0.2) is 12.2 Å². The molecule has 0 fully saturated rings. The molecule has 0 aromatic heterocycles. The summed E-state index contributed by atoms with van der Waals surface area (Å²) in [5, 5.41) is 0.625. The molecule has 0 amide bonds. The van der Waals surface area contributed by atoms with E-state index in [0.717, 1.165) is 0 Å². The molecule has 0 saturated carbocycles. The number of hydrogen-bond acceptors (Lipinski definition) is 3. The number of rotatable bonds is 1. The molecule has 0 aliphatic heterocycles. The Kier molecular flexibility index (Phi) is 10.6. The maximum Gasteiger partial charge on any atom is 2.00 e. The molecule has 0 N–H and O–H groups in total. The van der Waals surface area contributed by atoms with Gasteiger partial charge in [-0.3, -0.25) is 12.2 Å². The fraction of sp³-hybridized carbons (Fsp3) is 0.429. The summed E-state index contributed by atoms with van der Waals surface area (Å²) in [5.41, 5.74) is 8.62. The van der Waals surface area contributed by atoms with Crippen molar-refractivity contribution in [1.82, 2.24) is 0 Å². The van der Waals surface area contributed by atoms with Gasteiger partial charge in [0.1, 0.15) is 0 Å². The van der Waals surface area contributed by atoms with Crippen molar-refractivity contribution in [3.63, 3.8) is 0 Å². The predicted molar refractivity (Wildman–Crippen MR) is 125 cm³/mol. The molecular weight excluding hydrogens is 488 g/mol. The van der Waals surface area contributed by atoms with Crippen molar-refractivity contribution in [2.45, 2.75) is 69.2 Å². The summed E-state index contributed by atoms with van der Waals surface area (Å²) in [6.45, 7) is 21.8. The summed E-state index contributed by atoms with van der Waals surface area (Å²) in [6, 6.07) is 0. The van der Waals surface area contributed by atoms with Crippen LogP contribution in [0.3, 0.4) is 0 Å². The zero-order valence-corrected chi connectivity index (χ0v) is 23.6. The van der Waals surface area contributed by atoms with Gasteiger partial charge in [0.05, 0.1) is 5.43 Å². The van der Waals surface area contributed by atoms with Crippen molar-refractivity contribution in [3.8, 4) is 0 Å². The SMILES string of the molecule is CC1=[C-]C(C)(C)C(C)=C1C.CC1=[C-]C(C)(C)C(C)=C1C.O=C=C1[C-]=c2c(=O)c2=C1[C-]=O.[Cr+2].[Cr+2]. The van der Waals surface area contributed by atoms with Crippen molar-refractivity contribution < 1.29 is 44.3 Å². The van der Waals surface area contributed by atoms with Crippen LogP contribution in [0.15, 0.2) is 43.8 Å². The summed E-state index contributed by atoms with van der Waals surface area (Å²) >= 11 is 0. The first-order valence-electron chi connectivity index (χ1n) is 10.4. The van der Waals surface area contributed by atoms with Gasteiger partial charge in [-0.25, -0.2) is 11.1 Å². The van der Waals surface area contributed by atoms with E-state index >= 15 is 0 Å². The van der Waals surface area contributed by atoms with Crippen LogP contribution in [0.25, 0.3) is 11.6 Å². The molecule has 4 rings (SSSR count). The van der Waals surface area contributed by atoms with E-state index < -0.39 is 0 Å². The van der Waals surface area contributed by atoms with E-state index in [4.69, 9.17) is 0 Å². The molecule has 0 radical (unpaired) electrons. The molecule has 0 bridgehead atoms. The third-order valence-corrected chi connectivity index (χ3v) is 6.72. The van der Waals surface area contributed by atoms with Crippen LogP contribution in [0, 0.1) is 23.0 Å². The Morgan fingerprint density at radius 1 is 0.788 bits per heavy atom. The fourth-order valence-corrected chi connectivity index (χ4v) is 3.83. The molecule has 3 nitrogen and oxygen atoms in total. The Labute approximate surface area is 219 Å². The van der Waals surface area contributed by atoms with E-state index in [9.17, 15) is 14.4 Å². The Hall–Kier alpha value is -1.71. The van der Waals surface area contributed by atoms with Crippen molar-refractivity contribution >= 4 is 23.9 Å². The van der Waals surface area contributed by atoms with Crippen LogP contribution in [0.2, 0.25) is 0 Å². The van der Waals surface area contributed by atoms with Crippen LogP contribution < -0.4 is 15.9 Å². The average molecular weight is 519 g/mol. The van der Waals surface area contributed by atoms with Crippen LogP contribution in [0.5, 0.6) is 0 Å². The molecule has 3 aliphatic rings. The molecule has 0 saturated heterocycles. The molecule has 1 aromatic rings. The molecule has 0 spiro atoms. The minimum absolute atomic E-state index is 0. The van der Waals surface area contributed by atoms with E-state index in [0.29, 0.717) is 10.4 Å². The topological polar surface area (TPSA) is 51.2 Å². The van der Waals surface area contributed by atoms with Gasteiger partial charge < -0.3 is 14.4 Å². The molecule has 0 atom stereocenters. The van der Waals surface area contributed by atoms with E-state index in [-0.39, 0.29) is 62.1 Å². The molecule has 0 heterocycles. The van der Waals surface area contributed by atoms with Gasteiger partial charge in [0.15, 0.2) is 0 Å². The molecule has 1 aromatic carbocycles. The molecule has 3 aliphatic carbocycles. The van der Waals surface area contributed by atoms with Gasteiger partial charge in [-0.2, -0.15) is 39.2 Å². The van der Waals surface area contributed by atoms with Crippen LogP contribution in [0.4, 0.5) is 0 Å². The van der Waals surface area contributed by atoms with Gasteiger partial charge in [-0.15, -0.1) is 24.6 Å². The van der Waals surface area contributed by atoms with Gasteiger partial charge in [-0.1, -0.05) is 66.2 Å². The Morgan fingerprint density at radius 3 is 1.39 bits per heavy atom. The predicted octanol–water partition coefficient (Wildman–Crippen LogP) is 3.83. The number of hydrogen-bond donors (Lipinski definition) is 0. The first kappa shape index (κ1) is 31.3. The van der Waals surface area contributed by atoms with Crippen molar-refractivity contribution in [2.24, 2.45) is 10.8 Å². The first-order valence-corrected chi connectivity index (χ1v) is 10.4. The van der Waals surface area contributed by atoms with E-state index in [1.165, 1.54) is 45.7 Å². The monoisotopic (exact) mass is 518 g/mol. The van der Waals surface area contributed by atoms with E-state index in [1.54, 1.807) is 0 Å². The standard InChI is InChI=1S/2C10H15.C8O3.2Cr/c2*1-7-6-10(4,5)9(3)8(7)2;9-2-4-1-5-7(8(5)11)6(4)3-10;;/h2*1-5H3;;;/q2*-1;-2;2*+2. The number of allylic oxidation sites excluding steroid dienone is 9. The van der Waals surface area contributed by atoms with Gasteiger partial charge in [0.2, 0.25) is 0 Å². The Bertz CT molecular complexity index is 1210. The average Bonchev–Trinajstić information content (AvgIpc) is 3.00. The summed E-state index contributed by atoms with van der Waals surface area (Å²) in [6.07, 6.45) is 10.8. The summed E-state index contributed by atoms with van der Waals surface area (Å²) in [7, 11) is 0. The van der Waals surface area contributed by atoms with Gasteiger partial charge >= 0.3 is 34.7 Å². The minimum Gasteiger partial charge on any atom is -0.385 e. The molecule has 33 heavy (non-hydrogen) atoms. The maximum atomic E-state index is 10.7. The van der Waals surface area contributed by atoms with Crippen molar-refractivity contribution in [3.05, 3.63) is 71.8 Å². The second-order valence-electron chi connectivity index (χ2n) is 9.41. The molecule has 5 heteroatoms. The summed E-state index contributed by atoms with van der Waals surface area (Å²) in [5.74, 6) is 1.51. The zero-order valence-electron chi connectivity index (χ0n) is 21.0.